The highest BCUT2D eigenvalue weighted by atomic mass is 32.2. The number of hydrogen-bond acceptors (Lipinski definition) is 4. The Labute approximate surface area is 174 Å². The molecule has 1 aromatic heterocycles. The van der Waals surface area contributed by atoms with Crippen LogP contribution in [0.1, 0.15) is 48.6 Å². The molecule has 1 atom stereocenters. The van der Waals surface area contributed by atoms with Crippen LogP contribution in [0.5, 0.6) is 0 Å². The van der Waals surface area contributed by atoms with Crippen LogP contribution in [0.3, 0.4) is 0 Å². The fourth-order valence-corrected chi connectivity index (χ4v) is 3.97. The number of amides is 1. The van der Waals surface area contributed by atoms with Crippen molar-refractivity contribution in [3.8, 4) is 0 Å². The van der Waals surface area contributed by atoms with Crippen molar-refractivity contribution in [3.63, 3.8) is 0 Å². The van der Waals surface area contributed by atoms with Crippen LogP contribution in [0.15, 0.2) is 59.8 Å². The van der Waals surface area contributed by atoms with Crippen LogP contribution < -0.4 is 5.32 Å². The minimum Gasteiger partial charge on any atom is -0.342 e. The van der Waals surface area contributed by atoms with Gasteiger partial charge in [-0.2, -0.15) is 0 Å². The van der Waals surface area contributed by atoms with Crippen molar-refractivity contribution in [3.05, 3.63) is 77.4 Å². The second-order valence-electron chi connectivity index (χ2n) is 7.06. The largest absolute Gasteiger partial charge is 0.342 e. The van der Waals surface area contributed by atoms with Gasteiger partial charge in [-0.3, -0.25) is 4.79 Å². The van der Waals surface area contributed by atoms with Crippen LogP contribution in [0.25, 0.3) is 0 Å². The summed E-state index contributed by atoms with van der Waals surface area (Å²) in [4.78, 5) is 12.7. The fraction of sp³-hybridized carbons (Fsp3) is 0.318. The smallest absolute Gasteiger partial charge is 0.251 e. The molecule has 5 nitrogen and oxygen atoms in total. The Morgan fingerprint density at radius 2 is 1.79 bits per heavy atom. The molecule has 0 aliphatic rings. The number of nitrogens with one attached hydrogen (secondary N) is 1. The summed E-state index contributed by atoms with van der Waals surface area (Å²) in [5.41, 5.74) is 1.63. The Kier molecular flexibility index (Phi) is 7.04. The van der Waals surface area contributed by atoms with E-state index in [4.69, 9.17) is 0 Å². The van der Waals surface area contributed by atoms with Gasteiger partial charge in [0, 0.05) is 17.9 Å². The van der Waals surface area contributed by atoms with Crippen LogP contribution in [0, 0.1) is 11.7 Å². The van der Waals surface area contributed by atoms with E-state index >= 15 is 0 Å². The minimum absolute atomic E-state index is 0.129. The number of rotatable bonds is 8. The number of halogens is 1. The third-order valence-electron chi connectivity index (χ3n) is 4.61. The predicted molar refractivity (Wildman–Crippen MR) is 113 cm³/mol. The SMILES string of the molecule is CCn1c(SCc2ccc(F)cc2)nnc1[C@H](NC(=O)c1ccccc1)C(C)C. The maximum Gasteiger partial charge on any atom is 0.251 e. The first-order valence-electron chi connectivity index (χ1n) is 9.65. The second kappa shape index (κ2) is 9.69. The number of carbonyl (C=O) groups is 1. The molecule has 0 unspecified atom stereocenters. The van der Waals surface area contributed by atoms with Gasteiger partial charge in [0.05, 0.1) is 6.04 Å². The predicted octanol–water partition coefficient (Wildman–Crippen LogP) is 4.86. The number of nitrogens with zero attached hydrogens (tertiary/aromatic N) is 3. The third kappa shape index (κ3) is 5.23. The first-order chi connectivity index (χ1) is 14.0. The van der Waals surface area contributed by atoms with E-state index in [0.717, 1.165) is 16.5 Å². The maximum absolute atomic E-state index is 13.1. The molecule has 7 heteroatoms. The first-order valence-corrected chi connectivity index (χ1v) is 10.6. The number of aromatic nitrogens is 3. The van der Waals surface area contributed by atoms with Gasteiger partial charge in [0.15, 0.2) is 11.0 Å². The van der Waals surface area contributed by atoms with Gasteiger partial charge >= 0.3 is 0 Å². The number of hydrogen-bond donors (Lipinski definition) is 1. The molecule has 2 aromatic carbocycles. The van der Waals surface area contributed by atoms with Crippen LogP contribution in [0.2, 0.25) is 0 Å². The Balaban J connectivity index is 1.78. The number of thioether (sulfide) groups is 1. The lowest BCUT2D eigenvalue weighted by atomic mass is 10.0. The quantitative estimate of drug-likeness (QED) is 0.537. The first kappa shape index (κ1) is 21.0. The number of benzene rings is 2. The highest BCUT2D eigenvalue weighted by Gasteiger charge is 2.26. The molecule has 0 radical (unpaired) electrons. The normalized spacial score (nSPS) is 12.2. The minimum atomic E-state index is -0.254. The lowest BCUT2D eigenvalue weighted by Crippen LogP contribution is -2.33. The Bertz CT molecular complexity index is 941. The van der Waals surface area contributed by atoms with Crippen LogP contribution in [0.4, 0.5) is 4.39 Å². The zero-order valence-corrected chi connectivity index (χ0v) is 17.6. The van der Waals surface area contributed by atoms with E-state index in [9.17, 15) is 9.18 Å². The molecule has 1 amide bonds. The summed E-state index contributed by atoms with van der Waals surface area (Å²) < 4.78 is 15.1. The average Bonchev–Trinajstić information content (AvgIpc) is 3.14. The zero-order valence-electron chi connectivity index (χ0n) is 16.8. The molecule has 1 heterocycles. The lowest BCUT2D eigenvalue weighted by Gasteiger charge is -2.22. The van der Waals surface area contributed by atoms with Crippen molar-refractivity contribution in [1.29, 1.82) is 0 Å². The van der Waals surface area contributed by atoms with Crippen molar-refractivity contribution < 1.29 is 9.18 Å². The second-order valence-corrected chi connectivity index (χ2v) is 8.00. The van der Waals surface area contributed by atoms with E-state index in [2.05, 4.69) is 29.4 Å². The molecule has 0 aliphatic heterocycles. The standard InChI is InChI=1S/C22H25FN4OS/c1-4-27-20(19(15(2)3)24-21(28)17-8-6-5-7-9-17)25-26-22(27)29-14-16-10-12-18(23)13-11-16/h5-13,15,19H,4,14H2,1-3H3,(H,24,28)/t19-/m1/s1. The molecule has 29 heavy (non-hydrogen) atoms. The van der Waals surface area contributed by atoms with E-state index in [-0.39, 0.29) is 23.7 Å². The van der Waals surface area contributed by atoms with Crippen molar-refractivity contribution in [1.82, 2.24) is 20.1 Å². The molecule has 0 aliphatic carbocycles. The van der Waals surface area contributed by atoms with Gasteiger partial charge in [-0.1, -0.05) is 55.9 Å². The Morgan fingerprint density at radius 1 is 1.10 bits per heavy atom. The van der Waals surface area contributed by atoms with Gasteiger partial charge in [0.2, 0.25) is 0 Å². The van der Waals surface area contributed by atoms with E-state index in [1.54, 1.807) is 36.0 Å². The van der Waals surface area contributed by atoms with Gasteiger partial charge in [0.1, 0.15) is 5.82 Å². The van der Waals surface area contributed by atoms with Gasteiger partial charge < -0.3 is 9.88 Å². The van der Waals surface area contributed by atoms with Gasteiger partial charge in [-0.25, -0.2) is 4.39 Å². The molecule has 0 bridgehead atoms. The molecular weight excluding hydrogens is 387 g/mol. The van der Waals surface area contributed by atoms with Gasteiger partial charge in [-0.05, 0) is 42.7 Å². The molecule has 0 spiro atoms. The summed E-state index contributed by atoms with van der Waals surface area (Å²) in [5.74, 6) is 1.18. The van der Waals surface area contributed by atoms with Crippen LogP contribution in [-0.4, -0.2) is 20.7 Å². The summed E-state index contributed by atoms with van der Waals surface area (Å²) >= 11 is 1.55. The molecule has 152 valence electrons. The number of carbonyl (C=O) groups excluding carboxylic acids is 1. The molecule has 0 saturated carbocycles. The molecule has 3 rings (SSSR count). The zero-order chi connectivity index (χ0) is 20.8. The van der Waals surface area contributed by atoms with Gasteiger partial charge in [0.25, 0.3) is 5.91 Å². The Morgan fingerprint density at radius 3 is 2.41 bits per heavy atom. The van der Waals surface area contributed by atoms with Crippen molar-refractivity contribution >= 4 is 17.7 Å². The highest BCUT2D eigenvalue weighted by Crippen LogP contribution is 2.27. The molecule has 0 fully saturated rings. The average molecular weight is 413 g/mol. The molecular formula is C22H25FN4OS. The van der Waals surface area contributed by atoms with Crippen molar-refractivity contribution in [2.45, 2.75) is 44.3 Å². The van der Waals surface area contributed by atoms with E-state index in [1.165, 1.54) is 12.1 Å². The summed E-state index contributed by atoms with van der Waals surface area (Å²) in [6.07, 6.45) is 0. The summed E-state index contributed by atoms with van der Waals surface area (Å²) in [5, 5.41) is 12.6. The topological polar surface area (TPSA) is 59.8 Å². The monoisotopic (exact) mass is 412 g/mol. The van der Waals surface area contributed by atoms with Crippen LogP contribution >= 0.6 is 11.8 Å². The van der Waals surface area contributed by atoms with Crippen molar-refractivity contribution in [2.75, 3.05) is 0 Å². The van der Waals surface area contributed by atoms with Crippen molar-refractivity contribution in [2.24, 2.45) is 5.92 Å². The molecule has 1 N–H and O–H groups in total. The summed E-state index contributed by atoms with van der Waals surface area (Å²) in [7, 11) is 0. The van der Waals surface area contributed by atoms with E-state index in [0.29, 0.717) is 17.9 Å². The maximum atomic E-state index is 13.1. The Hall–Kier alpha value is -2.67. The third-order valence-corrected chi connectivity index (χ3v) is 5.65. The van der Waals surface area contributed by atoms with Gasteiger partial charge in [-0.15, -0.1) is 10.2 Å². The van der Waals surface area contributed by atoms with Crippen LogP contribution in [-0.2, 0) is 12.3 Å². The highest BCUT2D eigenvalue weighted by molar-refractivity contribution is 7.98. The van der Waals surface area contributed by atoms with E-state index in [1.807, 2.05) is 29.7 Å². The summed E-state index contributed by atoms with van der Waals surface area (Å²) in [6, 6.07) is 15.4. The fourth-order valence-electron chi connectivity index (χ4n) is 3.01. The summed E-state index contributed by atoms with van der Waals surface area (Å²) in [6.45, 7) is 6.83. The molecule has 0 saturated heterocycles. The van der Waals surface area contributed by atoms with E-state index < -0.39 is 0 Å². The lowest BCUT2D eigenvalue weighted by molar-refractivity contribution is 0.0922. The molecule has 3 aromatic rings.